The minimum Gasteiger partial charge on any atom is -0.431 e. The van der Waals surface area contributed by atoms with Gasteiger partial charge < -0.3 is 9.47 Å². The van der Waals surface area contributed by atoms with Gasteiger partial charge >= 0.3 is 17.9 Å². The number of cyclic esters (lactones) is 3. The molecule has 5 nitrogen and oxygen atoms in total. The van der Waals surface area contributed by atoms with E-state index in [4.69, 9.17) is 9.47 Å². The van der Waals surface area contributed by atoms with Crippen molar-refractivity contribution in [1.82, 2.24) is 0 Å². The van der Waals surface area contributed by atoms with Gasteiger partial charge in [-0.3, -0.25) is 14.4 Å². The van der Waals surface area contributed by atoms with Crippen molar-refractivity contribution in [3.8, 4) is 0 Å². The van der Waals surface area contributed by atoms with Gasteiger partial charge in [0.1, 0.15) is 5.76 Å². The highest BCUT2D eigenvalue weighted by molar-refractivity contribution is 5.96. The van der Waals surface area contributed by atoms with Gasteiger partial charge in [-0.05, 0) is 37.5 Å². The molecule has 2 saturated carbocycles. The molecule has 0 bridgehead atoms. The second-order valence-electron chi connectivity index (χ2n) is 6.52. The number of esters is 3. The number of allylic oxidation sites excluding steroid dienone is 1. The maximum Gasteiger partial charge on any atom is 0.317 e. The van der Waals surface area contributed by atoms with Gasteiger partial charge in [-0.2, -0.15) is 0 Å². The first-order chi connectivity index (χ1) is 9.54. The summed E-state index contributed by atoms with van der Waals surface area (Å²) in [7, 11) is 0. The quantitative estimate of drug-likeness (QED) is 0.494. The zero-order valence-corrected chi connectivity index (χ0v) is 11.0. The minimum atomic E-state index is -0.376. The number of ether oxygens (including phenoxy) is 2. The number of fused-ring (bicyclic) bond motifs is 3. The van der Waals surface area contributed by atoms with Crippen LogP contribution in [0.2, 0.25) is 0 Å². The summed E-state index contributed by atoms with van der Waals surface area (Å²) in [6.07, 6.45) is 2.95. The predicted octanol–water partition coefficient (Wildman–Crippen LogP) is 1.43. The number of carbonyl (C=O) groups excluding carboxylic acids is 3. The van der Waals surface area contributed by atoms with E-state index in [9.17, 15) is 14.4 Å². The molecule has 2 saturated heterocycles. The number of hydrogen-bond donors (Lipinski definition) is 0. The smallest absolute Gasteiger partial charge is 0.317 e. The van der Waals surface area contributed by atoms with Gasteiger partial charge in [0.2, 0.25) is 0 Å². The van der Waals surface area contributed by atoms with E-state index in [-0.39, 0.29) is 41.6 Å². The third-order valence-corrected chi connectivity index (χ3v) is 5.62. The van der Waals surface area contributed by atoms with Crippen LogP contribution in [0.3, 0.4) is 0 Å². The molecule has 0 aromatic rings. The van der Waals surface area contributed by atoms with Crippen LogP contribution in [0.4, 0.5) is 0 Å². The lowest BCUT2D eigenvalue weighted by atomic mass is 9.59. The molecule has 4 aliphatic rings. The Morgan fingerprint density at radius 2 is 1.10 bits per heavy atom. The standard InChI is InChI=1S/C15H16O5/c1-6-9-2-7-4-11-12(15(18)20-14(11)17)5-8(7)3-10(9)13(16)19-6/h7-12H,1-5H2. The van der Waals surface area contributed by atoms with Crippen LogP contribution >= 0.6 is 0 Å². The molecule has 4 fully saturated rings. The van der Waals surface area contributed by atoms with Crippen LogP contribution in [0.15, 0.2) is 12.3 Å². The molecule has 20 heavy (non-hydrogen) atoms. The SMILES string of the molecule is C=C1OC(=O)C2CC3CC4C(=O)OC(=O)C4CC3CC12. The van der Waals surface area contributed by atoms with Gasteiger partial charge in [-0.1, -0.05) is 6.58 Å². The first kappa shape index (κ1) is 12.1. The molecule has 0 radical (unpaired) electrons. The minimum absolute atomic E-state index is 0.0911. The lowest BCUT2D eigenvalue weighted by molar-refractivity contribution is -0.153. The molecule has 4 rings (SSSR count). The molecular weight excluding hydrogens is 260 g/mol. The highest BCUT2D eigenvalue weighted by atomic mass is 16.6. The monoisotopic (exact) mass is 276 g/mol. The Bertz CT molecular complexity index is 444. The van der Waals surface area contributed by atoms with Crippen LogP contribution in [0.25, 0.3) is 0 Å². The van der Waals surface area contributed by atoms with Crippen molar-refractivity contribution in [1.29, 1.82) is 0 Å². The van der Waals surface area contributed by atoms with Gasteiger partial charge in [0.25, 0.3) is 0 Å². The Morgan fingerprint density at radius 3 is 1.65 bits per heavy atom. The van der Waals surface area contributed by atoms with Crippen LogP contribution < -0.4 is 0 Å². The molecule has 0 N–H and O–H groups in total. The van der Waals surface area contributed by atoms with E-state index in [1.807, 2.05) is 0 Å². The summed E-state index contributed by atoms with van der Waals surface area (Å²) < 4.78 is 9.92. The van der Waals surface area contributed by atoms with Crippen LogP contribution in [-0.2, 0) is 23.9 Å². The molecule has 2 aliphatic heterocycles. The molecule has 106 valence electrons. The number of carbonyl (C=O) groups is 3. The van der Waals surface area contributed by atoms with Gasteiger partial charge in [-0.25, -0.2) is 0 Å². The van der Waals surface area contributed by atoms with Crippen molar-refractivity contribution >= 4 is 17.9 Å². The maximum atomic E-state index is 11.8. The normalized spacial score (nSPS) is 46.4. The summed E-state index contributed by atoms with van der Waals surface area (Å²) >= 11 is 0. The van der Waals surface area contributed by atoms with E-state index < -0.39 is 0 Å². The van der Waals surface area contributed by atoms with Gasteiger partial charge in [0, 0.05) is 5.92 Å². The fraction of sp³-hybridized carbons (Fsp3) is 0.667. The first-order valence-electron chi connectivity index (χ1n) is 7.20. The number of hydrogen-bond acceptors (Lipinski definition) is 5. The second kappa shape index (κ2) is 3.93. The van der Waals surface area contributed by atoms with E-state index in [1.165, 1.54) is 0 Å². The molecule has 5 heteroatoms. The molecule has 2 aliphatic carbocycles. The van der Waals surface area contributed by atoms with Crippen LogP contribution in [0.5, 0.6) is 0 Å². The topological polar surface area (TPSA) is 69.7 Å². The molecule has 6 atom stereocenters. The molecule has 0 amide bonds. The summed E-state index contributed by atoms with van der Waals surface area (Å²) in [4.78, 5) is 35.2. The highest BCUT2D eigenvalue weighted by Gasteiger charge is 2.55. The van der Waals surface area contributed by atoms with Crippen LogP contribution in [0.1, 0.15) is 25.7 Å². The third-order valence-electron chi connectivity index (χ3n) is 5.62. The van der Waals surface area contributed by atoms with E-state index in [0.29, 0.717) is 30.4 Å². The van der Waals surface area contributed by atoms with Crippen molar-refractivity contribution in [3.63, 3.8) is 0 Å². The third kappa shape index (κ3) is 1.52. The molecule has 6 unspecified atom stereocenters. The summed E-state index contributed by atoms with van der Waals surface area (Å²) in [5, 5.41) is 0. The fourth-order valence-electron chi connectivity index (χ4n) is 4.59. The summed E-state index contributed by atoms with van der Waals surface area (Å²) in [6.45, 7) is 3.83. The highest BCUT2D eigenvalue weighted by Crippen LogP contribution is 2.54. The summed E-state index contributed by atoms with van der Waals surface area (Å²) in [5.41, 5.74) is 0. The Morgan fingerprint density at radius 1 is 0.700 bits per heavy atom. The van der Waals surface area contributed by atoms with Crippen molar-refractivity contribution < 1.29 is 23.9 Å². The largest absolute Gasteiger partial charge is 0.431 e. The maximum absolute atomic E-state index is 11.8. The Hall–Kier alpha value is -1.65. The molecule has 0 aromatic carbocycles. The van der Waals surface area contributed by atoms with E-state index in [1.54, 1.807) is 0 Å². The molecule has 0 spiro atoms. The zero-order chi connectivity index (χ0) is 14.0. The lowest BCUT2D eigenvalue weighted by Gasteiger charge is -2.42. The summed E-state index contributed by atoms with van der Waals surface area (Å²) in [5.74, 6) is -0.237. The lowest BCUT2D eigenvalue weighted by Crippen LogP contribution is -2.40. The second-order valence-corrected chi connectivity index (χ2v) is 6.52. The molecular formula is C15H16O5. The average Bonchev–Trinajstić information content (AvgIpc) is 2.84. The fourth-order valence-corrected chi connectivity index (χ4v) is 4.59. The van der Waals surface area contributed by atoms with E-state index >= 15 is 0 Å². The van der Waals surface area contributed by atoms with Crippen molar-refractivity contribution in [2.24, 2.45) is 35.5 Å². The van der Waals surface area contributed by atoms with Gasteiger partial charge in [0.05, 0.1) is 17.8 Å². The van der Waals surface area contributed by atoms with E-state index in [0.717, 1.165) is 12.8 Å². The van der Waals surface area contributed by atoms with Gasteiger partial charge in [-0.15, -0.1) is 0 Å². The predicted molar refractivity (Wildman–Crippen MR) is 65.7 cm³/mol. The summed E-state index contributed by atoms with van der Waals surface area (Å²) in [6, 6.07) is 0. The Balaban J connectivity index is 1.59. The van der Waals surface area contributed by atoms with Crippen LogP contribution in [-0.4, -0.2) is 17.9 Å². The first-order valence-corrected chi connectivity index (χ1v) is 7.20. The Kier molecular flexibility index (Phi) is 2.38. The number of rotatable bonds is 0. The van der Waals surface area contributed by atoms with Crippen molar-refractivity contribution in [2.45, 2.75) is 25.7 Å². The van der Waals surface area contributed by atoms with Crippen molar-refractivity contribution in [3.05, 3.63) is 12.3 Å². The molecule has 2 heterocycles. The van der Waals surface area contributed by atoms with E-state index in [2.05, 4.69) is 6.58 Å². The van der Waals surface area contributed by atoms with Crippen LogP contribution in [0, 0.1) is 35.5 Å². The van der Waals surface area contributed by atoms with Gasteiger partial charge in [0.15, 0.2) is 0 Å². The average molecular weight is 276 g/mol. The molecule has 0 aromatic heterocycles. The Labute approximate surface area is 116 Å². The zero-order valence-electron chi connectivity index (χ0n) is 11.0. The van der Waals surface area contributed by atoms with Crippen molar-refractivity contribution in [2.75, 3.05) is 0 Å².